The number of rotatable bonds is 9. The maximum absolute atomic E-state index is 12.9. The second-order valence-corrected chi connectivity index (χ2v) is 8.00. The molecule has 0 amide bonds. The molecule has 1 heterocycles. The summed E-state index contributed by atoms with van der Waals surface area (Å²) in [4.78, 5) is 24.2. The minimum absolute atomic E-state index is 0.0675. The first-order valence-corrected chi connectivity index (χ1v) is 9.70. The third-order valence-electron chi connectivity index (χ3n) is 4.92. The number of carbonyl (C=O) groups is 2. The van der Waals surface area contributed by atoms with Crippen molar-refractivity contribution in [3.8, 4) is 0 Å². The highest BCUT2D eigenvalue weighted by atomic mass is 35.5. The first-order valence-electron chi connectivity index (χ1n) is 9.32. The van der Waals surface area contributed by atoms with Crippen molar-refractivity contribution in [3.63, 3.8) is 0 Å². The van der Waals surface area contributed by atoms with Crippen LogP contribution in [0.3, 0.4) is 0 Å². The van der Waals surface area contributed by atoms with E-state index >= 15 is 0 Å². The summed E-state index contributed by atoms with van der Waals surface area (Å²) in [5.41, 5.74) is 0.870. The van der Waals surface area contributed by atoms with E-state index in [0.717, 1.165) is 35.9 Å². The van der Waals surface area contributed by atoms with Gasteiger partial charge in [-0.15, -0.1) is 0 Å². The first kappa shape index (κ1) is 20.5. The Kier molecular flexibility index (Phi) is 6.87. The van der Waals surface area contributed by atoms with Crippen LogP contribution in [-0.4, -0.2) is 21.6 Å². The van der Waals surface area contributed by atoms with Gasteiger partial charge in [0, 0.05) is 22.5 Å². The number of nitrogens with zero attached hydrogens (tertiary/aromatic N) is 1. The Morgan fingerprint density at radius 3 is 2.54 bits per heavy atom. The summed E-state index contributed by atoms with van der Waals surface area (Å²) in [6, 6.07) is 7.62. The largest absolute Gasteiger partial charge is 0.481 e. The summed E-state index contributed by atoms with van der Waals surface area (Å²) in [5, 5.41) is 10.9. The maximum Gasteiger partial charge on any atom is 0.309 e. The van der Waals surface area contributed by atoms with Crippen molar-refractivity contribution < 1.29 is 14.7 Å². The summed E-state index contributed by atoms with van der Waals surface area (Å²) in [6.07, 6.45) is 5.86. The van der Waals surface area contributed by atoms with E-state index in [1.165, 1.54) is 12.8 Å². The molecule has 26 heavy (non-hydrogen) atoms. The zero-order valence-electron chi connectivity index (χ0n) is 15.8. The summed E-state index contributed by atoms with van der Waals surface area (Å²) in [5.74, 6) is -0.951. The number of carboxylic acids is 1. The normalized spacial score (nSPS) is 11.8. The second-order valence-electron chi connectivity index (χ2n) is 7.57. The maximum atomic E-state index is 12.9. The molecule has 5 heteroatoms. The molecule has 142 valence electrons. The Labute approximate surface area is 160 Å². The molecule has 0 saturated carbocycles. The zero-order valence-corrected chi connectivity index (χ0v) is 16.6. The molecule has 0 bridgehead atoms. The van der Waals surface area contributed by atoms with Crippen LogP contribution in [0.5, 0.6) is 0 Å². The zero-order chi connectivity index (χ0) is 19.3. The summed E-state index contributed by atoms with van der Waals surface area (Å²) >= 11 is 6.14. The highest BCUT2D eigenvalue weighted by Gasteiger charge is 2.28. The SMILES string of the molecule is CCCCCCc1cc2ccc(Cl)cc2n1C(=O)CCC(C)(C)C(=O)O. The fraction of sp³-hybridized carbons (Fsp3) is 0.524. The molecule has 0 aliphatic carbocycles. The average molecular weight is 378 g/mol. The Bertz CT molecular complexity index is 792. The number of benzene rings is 1. The van der Waals surface area contributed by atoms with Gasteiger partial charge in [0.1, 0.15) is 0 Å². The lowest BCUT2D eigenvalue weighted by molar-refractivity contribution is -0.147. The smallest absolute Gasteiger partial charge is 0.309 e. The number of halogens is 1. The quantitative estimate of drug-likeness (QED) is 0.549. The van der Waals surface area contributed by atoms with Crippen molar-refractivity contribution in [2.45, 2.75) is 65.7 Å². The third-order valence-corrected chi connectivity index (χ3v) is 5.16. The van der Waals surface area contributed by atoms with Gasteiger partial charge < -0.3 is 5.11 Å². The first-order chi connectivity index (χ1) is 12.3. The Balaban J connectivity index is 2.28. The van der Waals surface area contributed by atoms with Gasteiger partial charge in [-0.05, 0) is 51.3 Å². The van der Waals surface area contributed by atoms with Crippen LogP contribution in [0.15, 0.2) is 24.3 Å². The van der Waals surface area contributed by atoms with E-state index in [1.807, 2.05) is 18.2 Å². The monoisotopic (exact) mass is 377 g/mol. The molecule has 0 aliphatic heterocycles. The fourth-order valence-corrected chi connectivity index (χ4v) is 3.25. The molecule has 0 radical (unpaired) electrons. The second kappa shape index (κ2) is 8.72. The molecule has 0 fully saturated rings. The van der Waals surface area contributed by atoms with E-state index in [0.29, 0.717) is 11.4 Å². The number of carboxylic acid groups (broad SMARTS) is 1. The van der Waals surface area contributed by atoms with Gasteiger partial charge in [0.15, 0.2) is 0 Å². The number of carbonyl (C=O) groups excluding carboxylic acids is 1. The van der Waals surface area contributed by atoms with E-state index < -0.39 is 11.4 Å². The fourth-order valence-electron chi connectivity index (χ4n) is 3.08. The molecule has 1 aromatic heterocycles. The number of fused-ring (bicyclic) bond motifs is 1. The highest BCUT2D eigenvalue weighted by molar-refractivity contribution is 6.31. The lowest BCUT2D eigenvalue weighted by Gasteiger charge is -2.19. The van der Waals surface area contributed by atoms with Gasteiger partial charge >= 0.3 is 5.97 Å². The lowest BCUT2D eigenvalue weighted by Crippen LogP contribution is -2.25. The Morgan fingerprint density at radius 2 is 1.88 bits per heavy atom. The van der Waals surface area contributed by atoms with Gasteiger partial charge in [0.25, 0.3) is 0 Å². The molecule has 4 nitrogen and oxygen atoms in total. The summed E-state index contributed by atoms with van der Waals surface area (Å²) in [6.45, 7) is 5.48. The van der Waals surface area contributed by atoms with E-state index in [2.05, 4.69) is 13.0 Å². The molecule has 1 N–H and O–H groups in total. The molecule has 2 rings (SSSR count). The van der Waals surface area contributed by atoms with Crippen molar-refractivity contribution in [2.75, 3.05) is 0 Å². The van der Waals surface area contributed by atoms with Gasteiger partial charge in [0.05, 0.1) is 10.9 Å². The van der Waals surface area contributed by atoms with E-state index in [-0.39, 0.29) is 12.3 Å². The Morgan fingerprint density at radius 1 is 1.15 bits per heavy atom. The number of unbranched alkanes of at least 4 members (excludes halogenated alkanes) is 3. The third kappa shape index (κ3) is 4.88. The van der Waals surface area contributed by atoms with Crippen LogP contribution in [0, 0.1) is 5.41 Å². The summed E-state index contributed by atoms with van der Waals surface area (Å²) in [7, 11) is 0. The number of aromatic nitrogens is 1. The highest BCUT2D eigenvalue weighted by Crippen LogP contribution is 2.28. The van der Waals surface area contributed by atoms with Gasteiger partial charge in [-0.2, -0.15) is 0 Å². The van der Waals surface area contributed by atoms with E-state index in [9.17, 15) is 14.7 Å². The lowest BCUT2D eigenvalue weighted by atomic mass is 9.88. The van der Waals surface area contributed by atoms with E-state index in [1.54, 1.807) is 18.4 Å². The van der Waals surface area contributed by atoms with Crippen molar-refractivity contribution >= 4 is 34.4 Å². The molecule has 0 unspecified atom stereocenters. The van der Waals surface area contributed by atoms with Crippen LogP contribution >= 0.6 is 11.6 Å². The number of aryl methyl sites for hydroxylation is 1. The van der Waals surface area contributed by atoms with Crippen LogP contribution in [0.1, 0.15) is 69.8 Å². The van der Waals surface area contributed by atoms with Gasteiger partial charge in [-0.3, -0.25) is 14.2 Å². The summed E-state index contributed by atoms with van der Waals surface area (Å²) < 4.78 is 1.74. The molecule has 1 aromatic carbocycles. The number of hydrogen-bond donors (Lipinski definition) is 1. The predicted molar refractivity (Wildman–Crippen MR) is 106 cm³/mol. The van der Waals surface area contributed by atoms with Gasteiger partial charge in [-0.1, -0.05) is 43.9 Å². The average Bonchev–Trinajstić information content (AvgIpc) is 2.94. The van der Waals surface area contributed by atoms with Crippen LogP contribution in [0.4, 0.5) is 0 Å². The van der Waals surface area contributed by atoms with Crippen LogP contribution in [0.25, 0.3) is 10.9 Å². The van der Waals surface area contributed by atoms with Crippen LogP contribution in [0.2, 0.25) is 5.02 Å². The van der Waals surface area contributed by atoms with Gasteiger partial charge in [-0.25, -0.2) is 0 Å². The number of hydrogen-bond acceptors (Lipinski definition) is 2. The molecule has 2 aromatic rings. The standard InChI is InChI=1S/C21H28ClNO3/c1-4-5-6-7-8-17-13-15-9-10-16(22)14-18(15)23(17)19(24)11-12-21(2,3)20(25)26/h9-10,13-14H,4-8,11-12H2,1-3H3,(H,25,26). The number of aliphatic carboxylic acids is 1. The van der Waals surface area contributed by atoms with Crippen molar-refractivity contribution in [2.24, 2.45) is 5.41 Å². The van der Waals surface area contributed by atoms with Crippen molar-refractivity contribution in [3.05, 3.63) is 35.0 Å². The Hall–Kier alpha value is -1.81. The van der Waals surface area contributed by atoms with Crippen molar-refractivity contribution in [1.29, 1.82) is 0 Å². The van der Waals surface area contributed by atoms with Crippen LogP contribution < -0.4 is 0 Å². The molecular formula is C21H28ClNO3. The molecule has 0 aliphatic rings. The van der Waals surface area contributed by atoms with Gasteiger partial charge in [0.2, 0.25) is 5.91 Å². The van der Waals surface area contributed by atoms with E-state index in [4.69, 9.17) is 11.6 Å². The minimum Gasteiger partial charge on any atom is -0.481 e. The molecule has 0 saturated heterocycles. The minimum atomic E-state index is -0.919. The molecular weight excluding hydrogens is 350 g/mol. The predicted octanol–water partition coefficient (Wildman–Crippen LogP) is 5.95. The topological polar surface area (TPSA) is 59.3 Å². The van der Waals surface area contributed by atoms with Crippen molar-refractivity contribution in [1.82, 2.24) is 4.57 Å². The molecule has 0 spiro atoms. The molecule has 0 atom stereocenters. The van der Waals surface area contributed by atoms with Crippen LogP contribution in [-0.2, 0) is 11.2 Å².